The van der Waals surface area contributed by atoms with Crippen LogP contribution in [0.1, 0.15) is 11.1 Å². The molecule has 5 heteroatoms. The molecule has 1 aliphatic carbocycles. The summed E-state index contributed by atoms with van der Waals surface area (Å²) in [6.07, 6.45) is 3.38. The second kappa shape index (κ2) is 7.98. The quantitative estimate of drug-likeness (QED) is 0.234. The first-order valence-electron chi connectivity index (χ1n) is 12.9. The lowest BCUT2D eigenvalue weighted by Gasteiger charge is -2.34. The van der Waals surface area contributed by atoms with Gasteiger partial charge in [0.2, 0.25) is 0 Å². The molecule has 0 radical (unpaired) electrons. The largest absolute Gasteiger partial charge is 0.453 e. The molecule has 2 aliphatic rings. The van der Waals surface area contributed by atoms with Gasteiger partial charge in [-0.3, -0.25) is 9.97 Å². The van der Waals surface area contributed by atoms with E-state index in [2.05, 4.69) is 59.0 Å². The Morgan fingerprint density at radius 3 is 1.85 bits per heavy atom. The highest BCUT2D eigenvalue weighted by Crippen LogP contribution is 2.52. The minimum atomic E-state index is -0.240. The Kier molecular flexibility index (Phi) is 4.50. The molecule has 0 amide bonds. The first kappa shape index (κ1) is 22.0. The predicted octanol–water partition coefficient (Wildman–Crippen LogP) is 9.28. The molecule has 1 aromatic heterocycles. The number of aryl methyl sites for hydroxylation is 2. The van der Waals surface area contributed by atoms with Crippen LogP contribution in [0.15, 0.2) is 97.3 Å². The van der Waals surface area contributed by atoms with E-state index in [1.54, 1.807) is 18.5 Å². The summed E-state index contributed by atoms with van der Waals surface area (Å²) in [5, 5.41) is 1.49. The van der Waals surface area contributed by atoms with Crippen molar-refractivity contribution in [1.29, 1.82) is 0 Å². The van der Waals surface area contributed by atoms with Gasteiger partial charge in [-0.1, -0.05) is 36.4 Å². The number of fused-ring (bicyclic) bond motifs is 5. The van der Waals surface area contributed by atoms with Crippen LogP contribution >= 0.6 is 0 Å². The molecule has 0 bridgehead atoms. The van der Waals surface area contributed by atoms with Crippen LogP contribution in [0.25, 0.3) is 44.4 Å². The lowest BCUT2D eigenvalue weighted by Crippen LogP contribution is -2.16. The molecule has 6 aromatic rings. The second-order valence-corrected chi connectivity index (χ2v) is 10.1. The number of ether oxygens (including phenoxy) is 1. The summed E-state index contributed by atoms with van der Waals surface area (Å²) >= 11 is 0. The van der Waals surface area contributed by atoms with E-state index in [0.29, 0.717) is 5.39 Å². The molecule has 0 spiro atoms. The number of benzene rings is 5. The van der Waals surface area contributed by atoms with E-state index >= 15 is 4.39 Å². The molecule has 4 nitrogen and oxygen atoms in total. The van der Waals surface area contributed by atoms with Crippen molar-refractivity contribution in [2.45, 2.75) is 13.8 Å². The average molecular weight is 508 g/mol. The first-order valence-corrected chi connectivity index (χ1v) is 12.9. The number of halogens is 1. The van der Waals surface area contributed by atoms with Gasteiger partial charge in [-0.05, 0) is 84.6 Å². The third-order valence-electron chi connectivity index (χ3n) is 7.82. The van der Waals surface area contributed by atoms with Crippen molar-refractivity contribution in [2.75, 3.05) is 4.90 Å². The van der Waals surface area contributed by atoms with Crippen LogP contribution in [-0.2, 0) is 0 Å². The lowest BCUT2D eigenvalue weighted by molar-refractivity contribution is 0.477. The highest BCUT2D eigenvalue weighted by Gasteiger charge is 2.29. The number of nitrogens with zero attached hydrogens (tertiary/aromatic N) is 3. The van der Waals surface area contributed by atoms with Crippen LogP contribution in [0.4, 0.5) is 21.5 Å². The van der Waals surface area contributed by atoms with Gasteiger partial charge in [0.15, 0.2) is 11.5 Å². The van der Waals surface area contributed by atoms with Gasteiger partial charge in [0, 0.05) is 40.0 Å². The van der Waals surface area contributed by atoms with Crippen molar-refractivity contribution in [1.82, 2.24) is 9.97 Å². The van der Waals surface area contributed by atoms with Crippen molar-refractivity contribution in [3.05, 3.63) is 114 Å². The van der Waals surface area contributed by atoms with Gasteiger partial charge < -0.3 is 9.64 Å². The molecule has 0 atom stereocenters. The minimum absolute atomic E-state index is 0.240. The molecule has 1 aliphatic heterocycles. The summed E-state index contributed by atoms with van der Waals surface area (Å²) < 4.78 is 21.8. The van der Waals surface area contributed by atoms with Crippen LogP contribution in [0.2, 0.25) is 0 Å². The summed E-state index contributed by atoms with van der Waals surface area (Å²) in [7, 11) is 0. The number of rotatable bonds is 2. The van der Waals surface area contributed by atoms with E-state index in [-0.39, 0.29) is 5.82 Å². The van der Waals surface area contributed by atoms with Crippen LogP contribution in [-0.4, -0.2) is 9.97 Å². The van der Waals surface area contributed by atoms with Crippen LogP contribution in [0.3, 0.4) is 0 Å². The number of para-hydroxylation sites is 4. The maximum Gasteiger partial charge on any atom is 0.151 e. The van der Waals surface area contributed by atoms with Gasteiger partial charge in [-0.25, -0.2) is 4.39 Å². The van der Waals surface area contributed by atoms with E-state index in [4.69, 9.17) is 4.74 Å². The zero-order valence-corrected chi connectivity index (χ0v) is 21.4. The molecule has 8 rings (SSSR count). The molecular weight excluding hydrogens is 485 g/mol. The third-order valence-corrected chi connectivity index (χ3v) is 7.82. The van der Waals surface area contributed by atoms with E-state index in [9.17, 15) is 0 Å². The van der Waals surface area contributed by atoms with Crippen molar-refractivity contribution in [3.63, 3.8) is 0 Å². The number of aromatic nitrogens is 2. The second-order valence-electron chi connectivity index (χ2n) is 10.1. The van der Waals surface area contributed by atoms with Crippen molar-refractivity contribution >= 4 is 27.8 Å². The zero-order chi connectivity index (χ0) is 26.2. The van der Waals surface area contributed by atoms with E-state index in [1.165, 1.54) is 0 Å². The summed E-state index contributed by atoms with van der Waals surface area (Å²) in [5.74, 6) is 1.39. The Morgan fingerprint density at radius 1 is 0.590 bits per heavy atom. The monoisotopic (exact) mass is 507 g/mol. The minimum Gasteiger partial charge on any atom is -0.453 e. The molecule has 39 heavy (non-hydrogen) atoms. The number of hydrogen-bond acceptors (Lipinski definition) is 4. The van der Waals surface area contributed by atoms with E-state index in [0.717, 1.165) is 78.7 Å². The molecule has 0 unspecified atom stereocenters. The zero-order valence-electron chi connectivity index (χ0n) is 21.4. The van der Waals surface area contributed by atoms with Gasteiger partial charge in [-0.15, -0.1) is 0 Å². The Morgan fingerprint density at radius 2 is 1.18 bits per heavy atom. The third kappa shape index (κ3) is 3.04. The Hall–Kier alpha value is -5.03. The Balaban J connectivity index is 1.34. The van der Waals surface area contributed by atoms with Crippen molar-refractivity contribution < 1.29 is 9.13 Å². The molecule has 0 saturated carbocycles. The standard InChI is InChI=1S/C34H22FN3O/c1-19-18-28(38-26-7-3-5-9-29(26)39-30-10-6-4-8-27(30)38)20(2)17-24(19)21-11-12-22-31-23(13-14-25(35)32(21)31)34-33(22)36-15-16-37-34/h3-18H,1-2H3. The Bertz CT molecular complexity index is 1920. The number of hydrogen-bond donors (Lipinski definition) is 0. The predicted molar refractivity (Wildman–Crippen MR) is 154 cm³/mol. The fraction of sp³-hybridized carbons (Fsp3) is 0.0588. The molecule has 0 fully saturated rings. The average Bonchev–Trinajstić information content (AvgIpc) is 3.29. The van der Waals surface area contributed by atoms with Crippen LogP contribution in [0, 0.1) is 19.7 Å². The Labute approximate surface area is 225 Å². The first-order chi connectivity index (χ1) is 19.1. The van der Waals surface area contributed by atoms with Crippen LogP contribution in [0.5, 0.6) is 11.5 Å². The van der Waals surface area contributed by atoms with Gasteiger partial charge in [-0.2, -0.15) is 0 Å². The van der Waals surface area contributed by atoms with Crippen LogP contribution < -0.4 is 9.64 Å². The normalized spacial score (nSPS) is 12.6. The van der Waals surface area contributed by atoms with Gasteiger partial charge in [0.1, 0.15) is 5.82 Å². The lowest BCUT2D eigenvalue weighted by atomic mass is 9.90. The molecular formula is C34H22FN3O. The molecule has 0 saturated heterocycles. The maximum absolute atomic E-state index is 15.6. The fourth-order valence-corrected chi connectivity index (χ4v) is 6.10. The molecule has 5 aromatic carbocycles. The van der Waals surface area contributed by atoms with Crippen molar-refractivity contribution in [2.24, 2.45) is 0 Å². The SMILES string of the molecule is Cc1cc(N2c3ccccc3Oc3ccccc32)c(C)cc1-c1ccc2c3c(ccc(F)c13)-c1nccnc1-2. The van der Waals surface area contributed by atoms with Gasteiger partial charge >= 0.3 is 0 Å². The summed E-state index contributed by atoms with van der Waals surface area (Å²) in [6.45, 7) is 4.20. The summed E-state index contributed by atoms with van der Waals surface area (Å²) in [5.41, 5.74) is 10.5. The van der Waals surface area contributed by atoms with Crippen molar-refractivity contribution in [3.8, 4) is 45.1 Å². The maximum atomic E-state index is 15.6. The van der Waals surface area contributed by atoms with E-state index < -0.39 is 0 Å². The van der Waals surface area contributed by atoms with E-state index in [1.807, 2.05) is 48.5 Å². The summed E-state index contributed by atoms with van der Waals surface area (Å²) in [4.78, 5) is 11.4. The fourth-order valence-electron chi connectivity index (χ4n) is 6.10. The molecule has 0 N–H and O–H groups in total. The molecule has 2 heterocycles. The number of anilines is 3. The topological polar surface area (TPSA) is 38.2 Å². The van der Waals surface area contributed by atoms with Gasteiger partial charge in [0.25, 0.3) is 0 Å². The highest BCUT2D eigenvalue weighted by molar-refractivity contribution is 6.17. The smallest absolute Gasteiger partial charge is 0.151 e. The van der Waals surface area contributed by atoms with Gasteiger partial charge in [0.05, 0.1) is 22.8 Å². The summed E-state index contributed by atoms with van der Waals surface area (Å²) in [6, 6.07) is 28.0. The highest BCUT2D eigenvalue weighted by atomic mass is 19.1. The molecule has 186 valence electrons.